The number of rotatable bonds is 3. The quantitative estimate of drug-likeness (QED) is 0.740. The maximum atomic E-state index is 12.1. The number of aliphatic hydroxyl groups excluding tert-OH is 1. The van der Waals surface area contributed by atoms with E-state index >= 15 is 0 Å². The molecule has 1 fully saturated rings. The molecule has 0 bridgehead atoms. The summed E-state index contributed by atoms with van der Waals surface area (Å²) in [5.74, 6) is 5.01. The SMILES string of the molecule is O=C(NCC1CCS(=O)(=O)C1)c1ncccc1C#CCO. The topological polar surface area (TPSA) is 96.4 Å². The molecule has 112 valence electrons. The van der Waals surface area contributed by atoms with Gasteiger partial charge in [-0.15, -0.1) is 0 Å². The number of nitrogens with one attached hydrogen (secondary N) is 1. The predicted molar refractivity (Wildman–Crippen MR) is 77.3 cm³/mol. The first kappa shape index (κ1) is 15.5. The molecule has 1 unspecified atom stereocenters. The summed E-state index contributed by atoms with van der Waals surface area (Å²) < 4.78 is 22.7. The third-order valence-electron chi connectivity index (χ3n) is 3.20. The van der Waals surface area contributed by atoms with Crippen LogP contribution in [-0.4, -0.2) is 49.1 Å². The van der Waals surface area contributed by atoms with Crippen molar-refractivity contribution in [2.75, 3.05) is 24.7 Å². The molecule has 0 aliphatic carbocycles. The van der Waals surface area contributed by atoms with Gasteiger partial charge >= 0.3 is 0 Å². The molecular weight excluding hydrogens is 292 g/mol. The second-order valence-electron chi connectivity index (χ2n) is 4.84. The van der Waals surface area contributed by atoms with Crippen LogP contribution in [0.4, 0.5) is 0 Å². The van der Waals surface area contributed by atoms with E-state index in [4.69, 9.17) is 5.11 Å². The first-order valence-corrected chi connectivity index (χ1v) is 8.37. The number of aliphatic hydroxyl groups is 1. The molecule has 1 aliphatic heterocycles. The van der Waals surface area contributed by atoms with Gasteiger partial charge in [0.25, 0.3) is 5.91 Å². The molecule has 2 N–H and O–H groups in total. The van der Waals surface area contributed by atoms with Crippen LogP contribution in [-0.2, 0) is 9.84 Å². The molecule has 1 aromatic rings. The van der Waals surface area contributed by atoms with Crippen LogP contribution in [0.2, 0.25) is 0 Å². The minimum atomic E-state index is -2.95. The van der Waals surface area contributed by atoms with Gasteiger partial charge in [0.05, 0.1) is 17.1 Å². The van der Waals surface area contributed by atoms with Crippen LogP contribution in [0.5, 0.6) is 0 Å². The zero-order chi connectivity index (χ0) is 15.3. The summed E-state index contributed by atoms with van der Waals surface area (Å²) in [7, 11) is -2.95. The minimum Gasteiger partial charge on any atom is -0.384 e. The Hall–Kier alpha value is -1.91. The second-order valence-corrected chi connectivity index (χ2v) is 7.07. The van der Waals surface area contributed by atoms with Crippen molar-refractivity contribution in [1.29, 1.82) is 0 Å². The van der Waals surface area contributed by atoms with Crippen LogP contribution >= 0.6 is 0 Å². The zero-order valence-electron chi connectivity index (χ0n) is 11.4. The molecule has 0 aromatic carbocycles. The van der Waals surface area contributed by atoms with E-state index in [-0.39, 0.29) is 35.6 Å². The van der Waals surface area contributed by atoms with Crippen molar-refractivity contribution >= 4 is 15.7 Å². The van der Waals surface area contributed by atoms with Gasteiger partial charge in [-0.2, -0.15) is 0 Å². The Morgan fingerprint density at radius 3 is 3.00 bits per heavy atom. The van der Waals surface area contributed by atoms with E-state index in [1.165, 1.54) is 6.20 Å². The number of nitrogens with zero attached hydrogens (tertiary/aromatic N) is 1. The van der Waals surface area contributed by atoms with Crippen LogP contribution in [0.1, 0.15) is 22.5 Å². The van der Waals surface area contributed by atoms with Crippen LogP contribution < -0.4 is 5.32 Å². The molecule has 2 heterocycles. The van der Waals surface area contributed by atoms with Crippen molar-refractivity contribution in [1.82, 2.24) is 10.3 Å². The third kappa shape index (κ3) is 4.28. The standard InChI is InChI=1S/C14H16N2O4S/c17-7-2-4-12-3-1-6-15-13(12)14(18)16-9-11-5-8-21(19,20)10-11/h1,3,6,11,17H,5,7-10H2,(H,16,18). The Bertz CT molecular complexity index is 688. The molecule has 0 spiro atoms. The van der Waals surface area contributed by atoms with E-state index in [0.717, 1.165) is 0 Å². The highest BCUT2D eigenvalue weighted by molar-refractivity contribution is 7.91. The number of sulfone groups is 1. The lowest BCUT2D eigenvalue weighted by Crippen LogP contribution is -2.31. The summed E-state index contributed by atoms with van der Waals surface area (Å²) in [6.45, 7) is 0.0113. The van der Waals surface area contributed by atoms with Crippen molar-refractivity contribution in [2.45, 2.75) is 6.42 Å². The lowest BCUT2D eigenvalue weighted by atomic mass is 10.1. The number of hydrogen-bond donors (Lipinski definition) is 2. The van der Waals surface area contributed by atoms with Gasteiger partial charge in [-0.1, -0.05) is 11.8 Å². The first-order valence-electron chi connectivity index (χ1n) is 6.55. The minimum absolute atomic E-state index is 0.0466. The van der Waals surface area contributed by atoms with Crippen LogP contribution in [0.15, 0.2) is 18.3 Å². The average Bonchev–Trinajstić information content (AvgIpc) is 2.82. The van der Waals surface area contributed by atoms with E-state index in [2.05, 4.69) is 22.1 Å². The number of pyridine rings is 1. The molecule has 0 radical (unpaired) electrons. The van der Waals surface area contributed by atoms with Crippen LogP contribution in [0.25, 0.3) is 0 Å². The van der Waals surface area contributed by atoms with Crippen molar-refractivity contribution < 1.29 is 18.3 Å². The molecule has 2 rings (SSSR count). The maximum Gasteiger partial charge on any atom is 0.271 e. The van der Waals surface area contributed by atoms with Crippen LogP contribution in [0, 0.1) is 17.8 Å². The van der Waals surface area contributed by atoms with Crippen molar-refractivity contribution in [3.8, 4) is 11.8 Å². The van der Waals surface area contributed by atoms with Gasteiger partial charge in [0.2, 0.25) is 0 Å². The highest BCUT2D eigenvalue weighted by Gasteiger charge is 2.28. The number of carbonyl (C=O) groups excluding carboxylic acids is 1. The molecule has 1 aromatic heterocycles. The number of amides is 1. The van der Waals surface area contributed by atoms with Crippen molar-refractivity contribution in [2.24, 2.45) is 5.92 Å². The highest BCUT2D eigenvalue weighted by Crippen LogP contribution is 2.17. The Morgan fingerprint density at radius 1 is 1.52 bits per heavy atom. The summed E-state index contributed by atoms with van der Waals surface area (Å²) in [6.07, 6.45) is 2.06. The van der Waals surface area contributed by atoms with E-state index < -0.39 is 9.84 Å². The normalized spacial score (nSPS) is 19.6. The fraction of sp³-hybridized carbons (Fsp3) is 0.429. The summed E-state index contributed by atoms with van der Waals surface area (Å²) in [6, 6.07) is 3.30. The first-order chi connectivity index (χ1) is 10.0. The van der Waals surface area contributed by atoms with Gasteiger partial charge in [-0.05, 0) is 24.5 Å². The summed E-state index contributed by atoms with van der Waals surface area (Å²) in [4.78, 5) is 16.1. The summed E-state index contributed by atoms with van der Waals surface area (Å²) in [5.41, 5.74) is 0.613. The fourth-order valence-electron chi connectivity index (χ4n) is 2.18. The van der Waals surface area contributed by atoms with Gasteiger partial charge < -0.3 is 10.4 Å². The lowest BCUT2D eigenvalue weighted by Gasteiger charge is -2.10. The summed E-state index contributed by atoms with van der Waals surface area (Å²) >= 11 is 0. The van der Waals surface area contributed by atoms with E-state index in [1.807, 2.05) is 0 Å². The molecule has 21 heavy (non-hydrogen) atoms. The van der Waals surface area contributed by atoms with E-state index in [9.17, 15) is 13.2 Å². The maximum absolute atomic E-state index is 12.1. The zero-order valence-corrected chi connectivity index (χ0v) is 12.2. The molecule has 1 amide bonds. The van der Waals surface area contributed by atoms with Crippen LogP contribution in [0.3, 0.4) is 0 Å². The van der Waals surface area contributed by atoms with Gasteiger partial charge in [-0.3, -0.25) is 4.79 Å². The Labute approximate surface area is 123 Å². The second kappa shape index (κ2) is 6.70. The monoisotopic (exact) mass is 308 g/mol. The number of carbonyl (C=O) groups is 1. The van der Waals surface area contributed by atoms with Gasteiger partial charge in [0, 0.05) is 12.7 Å². The Kier molecular flexibility index (Phi) is 4.94. The van der Waals surface area contributed by atoms with Gasteiger partial charge in [-0.25, -0.2) is 13.4 Å². The van der Waals surface area contributed by atoms with E-state index in [0.29, 0.717) is 18.5 Å². The van der Waals surface area contributed by atoms with Gasteiger partial charge in [0.1, 0.15) is 12.3 Å². The largest absolute Gasteiger partial charge is 0.384 e. The molecular formula is C14H16N2O4S. The molecule has 1 atom stereocenters. The molecule has 6 nitrogen and oxygen atoms in total. The predicted octanol–water partition coefficient (Wildman–Crippen LogP) is -0.410. The molecule has 7 heteroatoms. The smallest absolute Gasteiger partial charge is 0.271 e. The Balaban J connectivity index is 2.01. The number of hydrogen-bond acceptors (Lipinski definition) is 5. The molecule has 1 aliphatic rings. The fourth-order valence-corrected chi connectivity index (χ4v) is 4.04. The summed E-state index contributed by atoms with van der Waals surface area (Å²) in [5, 5.41) is 11.4. The lowest BCUT2D eigenvalue weighted by molar-refractivity contribution is 0.0943. The molecule has 0 saturated carbocycles. The van der Waals surface area contributed by atoms with Crippen molar-refractivity contribution in [3.63, 3.8) is 0 Å². The van der Waals surface area contributed by atoms with Gasteiger partial charge in [0.15, 0.2) is 9.84 Å². The third-order valence-corrected chi connectivity index (χ3v) is 5.04. The highest BCUT2D eigenvalue weighted by atomic mass is 32.2. The Morgan fingerprint density at radius 2 is 2.33 bits per heavy atom. The molecule has 1 saturated heterocycles. The van der Waals surface area contributed by atoms with Crippen molar-refractivity contribution in [3.05, 3.63) is 29.6 Å². The number of aromatic nitrogens is 1. The van der Waals surface area contributed by atoms with E-state index in [1.54, 1.807) is 12.1 Å². The average molecular weight is 308 g/mol.